The minimum absolute atomic E-state index is 0.112. The third-order valence-corrected chi connectivity index (χ3v) is 4.40. The highest BCUT2D eigenvalue weighted by atomic mass is 16.5. The molecule has 1 N–H and O–H groups in total. The number of rotatable bonds is 6. The fourth-order valence-corrected chi connectivity index (χ4v) is 3.03. The van der Waals surface area contributed by atoms with Crippen LogP contribution in [0, 0.1) is 0 Å². The van der Waals surface area contributed by atoms with Crippen LogP contribution in [0.1, 0.15) is 34.9 Å². The van der Waals surface area contributed by atoms with Crippen LogP contribution in [-0.4, -0.2) is 32.0 Å². The molecule has 1 fully saturated rings. The van der Waals surface area contributed by atoms with E-state index >= 15 is 0 Å². The Morgan fingerprint density at radius 1 is 1.20 bits per heavy atom. The molecular weight excluding hydrogens is 316 g/mol. The van der Waals surface area contributed by atoms with Crippen LogP contribution in [0.2, 0.25) is 0 Å². The van der Waals surface area contributed by atoms with Gasteiger partial charge in [0.25, 0.3) is 5.91 Å². The van der Waals surface area contributed by atoms with E-state index in [9.17, 15) is 9.59 Å². The summed E-state index contributed by atoms with van der Waals surface area (Å²) in [5.74, 6) is -0.0624. The Labute approximate surface area is 147 Å². The Kier molecular flexibility index (Phi) is 5.46. The van der Waals surface area contributed by atoms with Gasteiger partial charge in [0.2, 0.25) is 5.91 Å². The molecule has 25 heavy (non-hydrogen) atoms. The maximum atomic E-state index is 12.5. The average molecular weight is 338 g/mol. The highest BCUT2D eigenvalue weighted by Gasteiger charge is 2.22. The van der Waals surface area contributed by atoms with Crippen molar-refractivity contribution in [1.29, 1.82) is 0 Å². The SMILES string of the molecule is COC(CNC(=O)c1cccc(N2CCCC2=O)c1)c1ccccc1. The Balaban J connectivity index is 1.66. The Morgan fingerprint density at radius 2 is 2.00 bits per heavy atom. The van der Waals surface area contributed by atoms with Gasteiger partial charge >= 0.3 is 0 Å². The van der Waals surface area contributed by atoms with Crippen molar-refractivity contribution in [3.63, 3.8) is 0 Å². The number of anilines is 1. The normalized spacial score (nSPS) is 15.2. The Bertz CT molecular complexity index is 746. The minimum Gasteiger partial charge on any atom is -0.375 e. The summed E-state index contributed by atoms with van der Waals surface area (Å²) in [6.45, 7) is 1.09. The van der Waals surface area contributed by atoms with Crippen LogP contribution >= 0.6 is 0 Å². The molecule has 2 aromatic carbocycles. The molecule has 2 amide bonds. The molecule has 0 saturated carbocycles. The lowest BCUT2D eigenvalue weighted by Crippen LogP contribution is -2.29. The van der Waals surface area contributed by atoms with Gasteiger partial charge in [-0.3, -0.25) is 9.59 Å². The predicted molar refractivity (Wildman–Crippen MR) is 96.6 cm³/mol. The number of methoxy groups -OCH3 is 1. The maximum absolute atomic E-state index is 12.5. The molecule has 1 saturated heterocycles. The summed E-state index contributed by atoms with van der Waals surface area (Å²) < 4.78 is 5.47. The second-order valence-electron chi connectivity index (χ2n) is 6.04. The molecule has 130 valence electrons. The number of carbonyl (C=O) groups is 2. The van der Waals surface area contributed by atoms with Gasteiger partial charge in [-0.25, -0.2) is 0 Å². The van der Waals surface area contributed by atoms with Crippen LogP contribution < -0.4 is 10.2 Å². The van der Waals surface area contributed by atoms with Gasteiger partial charge in [-0.05, 0) is 30.2 Å². The summed E-state index contributed by atoms with van der Waals surface area (Å²) in [7, 11) is 1.63. The second kappa shape index (κ2) is 7.94. The van der Waals surface area contributed by atoms with Crippen molar-refractivity contribution in [2.24, 2.45) is 0 Å². The molecule has 1 aliphatic heterocycles. The molecule has 5 nitrogen and oxygen atoms in total. The van der Waals surface area contributed by atoms with Crippen LogP contribution in [-0.2, 0) is 9.53 Å². The zero-order chi connectivity index (χ0) is 17.6. The third-order valence-electron chi connectivity index (χ3n) is 4.40. The minimum atomic E-state index is -0.200. The zero-order valence-corrected chi connectivity index (χ0v) is 14.3. The van der Waals surface area contributed by atoms with Crippen LogP contribution in [0.5, 0.6) is 0 Å². The lowest BCUT2D eigenvalue weighted by molar-refractivity contribution is -0.117. The van der Waals surface area contributed by atoms with Crippen LogP contribution in [0.3, 0.4) is 0 Å². The Hall–Kier alpha value is -2.66. The number of carbonyl (C=O) groups excluding carboxylic acids is 2. The first-order valence-corrected chi connectivity index (χ1v) is 8.45. The van der Waals surface area contributed by atoms with Crippen LogP contribution in [0.15, 0.2) is 54.6 Å². The molecule has 1 unspecified atom stereocenters. The number of hydrogen-bond donors (Lipinski definition) is 1. The monoisotopic (exact) mass is 338 g/mol. The van der Waals surface area contributed by atoms with E-state index in [1.165, 1.54) is 0 Å². The summed E-state index contributed by atoms with van der Waals surface area (Å²) in [5.41, 5.74) is 2.34. The highest BCUT2D eigenvalue weighted by Crippen LogP contribution is 2.22. The highest BCUT2D eigenvalue weighted by molar-refractivity contribution is 5.99. The maximum Gasteiger partial charge on any atom is 0.251 e. The first-order chi connectivity index (χ1) is 12.2. The van der Waals surface area contributed by atoms with Crippen molar-refractivity contribution < 1.29 is 14.3 Å². The number of nitrogens with one attached hydrogen (secondary N) is 1. The molecule has 5 heteroatoms. The molecule has 0 aromatic heterocycles. The number of amides is 2. The van der Waals surface area contributed by atoms with Crippen molar-refractivity contribution in [1.82, 2.24) is 5.32 Å². The van der Waals surface area contributed by atoms with E-state index in [0.29, 0.717) is 25.1 Å². The van der Waals surface area contributed by atoms with Gasteiger partial charge in [-0.15, -0.1) is 0 Å². The number of ether oxygens (including phenoxy) is 1. The molecule has 0 radical (unpaired) electrons. The van der Waals surface area contributed by atoms with E-state index in [1.54, 1.807) is 30.2 Å². The van der Waals surface area contributed by atoms with Gasteiger partial charge in [0.1, 0.15) is 0 Å². The second-order valence-corrected chi connectivity index (χ2v) is 6.04. The van der Waals surface area contributed by atoms with Gasteiger partial charge in [-0.1, -0.05) is 36.4 Å². The zero-order valence-electron chi connectivity index (χ0n) is 14.3. The van der Waals surface area contributed by atoms with Crippen LogP contribution in [0.4, 0.5) is 5.69 Å². The van der Waals surface area contributed by atoms with Gasteiger partial charge in [-0.2, -0.15) is 0 Å². The summed E-state index contributed by atoms with van der Waals surface area (Å²) in [6, 6.07) is 17.0. The molecule has 0 spiro atoms. The number of hydrogen-bond acceptors (Lipinski definition) is 3. The van der Waals surface area contributed by atoms with Crippen molar-refractivity contribution in [2.45, 2.75) is 18.9 Å². The molecule has 2 aromatic rings. The lowest BCUT2D eigenvalue weighted by Gasteiger charge is -2.18. The van der Waals surface area contributed by atoms with Crippen LogP contribution in [0.25, 0.3) is 0 Å². The lowest BCUT2D eigenvalue weighted by atomic mass is 10.1. The molecule has 3 rings (SSSR count). The molecule has 1 aliphatic rings. The van der Waals surface area contributed by atoms with E-state index in [0.717, 1.165) is 17.7 Å². The standard InChI is InChI=1S/C20H22N2O3/c1-25-18(15-7-3-2-4-8-15)14-21-20(24)16-9-5-10-17(13-16)22-12-6-11-19(22)23/h2-5,7-10,13,18H,6,11-12,14H2,1H3,(H,21,24). The number of nitrogens with zero attached hydrogens (tertiary/aromatic N) is 1. The van der Waals surface area contributed by atoms with Gasteiger partial charge in [0.15, 0.2) is 0 Å². The summed E-state index contributed by atoms with van der Waals surface area (Å²) >= 11 is 0. The van der Waals surface area contributed by atoms with E-state index in [2.05, 4.69) is 5.32 Å². The smallest absolute Gasteiger partial charge is 0.251 e. The van der Waals surface area contributed by atoms with E-state index < -0.39 is 0 Å². The van der Waals surface area contributed by atoms with Crippen molar-refractivity contribution in [3.8, 4) is 0 Å². The molecule has 0 aliphatic carbocycles. The predicted octanol–water partition coefficient (Wildman–Crippen LogP) is 2.93. The largest absolute Gasteiger partial charge is 0.375 e. The topological polar surface area (TPSA) is 58.6 Å². The summed E-state index contributed by atoms with van der Waals surface area (Å²) in [5, 5.41) is 2.91. The van der Waals surface area contributed by atoms with Gasteiger partial charge < -0.3 is 15.0 Å². The van der Waals surface area contributed by atoms with Gasteiger partial charge in [0, 0.05) is 37.9 Å². The molecule has 1 atom stereocenters. The molecule has 0 bridgehead atoms. The van der Waals surface area contributed by atoms with Gasteiger partial charge in [0.05, 0.1) is 6.10 Å². The van der Waals surface area contributed by atoms with E-state index in [-0.39, 0.29) is 17.9 Å². The van der Waals surface area contributed by atoms with Crippen molar-refractivity contribution in [2.75, 3.05) is 25.1 Å². The fourth-order valence-electron chi connectivity index (χ4n) is 3.03. The van der Waals surface area contributed by atoms with Crippen molar-refractivity contribution >= 4 is 17.5 Å². The van der Waals surface area contributed by atoms with E-state index in [4.69, 9.17) is 4.74 Å². The summed E-state index contributed by atoms with van der Waals surface area (Å²) in [4.78, 5) is 26.1. The molecule has 1 heterocycles. The fraction of sp³-hybridized carbons (Fsp3) is 0.300. The van der Waals surface area contributed by atoms with Crippen molar-refractivity contribution in [3.05, 3.63) is 65.7 Å². The molecular formula is C20H22N2O3. The first-order valence-electron chi connectivity index (χ1n) is 8.45. The summed E-state index contributed by atoms with van der Waals surface area (Å²) in [6.07, 6.45) is 1.23. The van der Waals surface area contributed by atoms with E-state index in [1.807, 2.05) is 36.4 Å². The average Bonchev–Trinajstić information content (AvgIpc) is 3.09. The number of benzene rings is 2. The first kappa shape index (κ1) is 17.2. The Morgan fingerprint density at radius 3 is 2.68 bits per heavy atom. The quantitative estimate of drug-likeness (QED) is 0.881. The third kappa shape index (κ3) is 4.06.